The lowest BCUT2D eigenvalue weighted by Crippen LogP contribution is -2.30. The number of nitrogens with zero attached hydrogens (tertiary/aromatic N) is 3. The van der Waals surface area contributed by atoms with Crippen molar-refractivity contribution in [1.29, 1.82) is 5.26 Å². The molecule has 1 fully saturated rings. The van der Waals surface area contributed by atoms with Crippen LogP contribution in [0.1, 0.15) is 29.8 Å². The maximum atomic E-state index is 13.8. The van der Waals surface area contributed by atoms with Crippen molar-refractivity contribution in [2.45, 2.75) is 19.8 Å². The monoisotopic (exact) mass is 349 g/mol. The normalized spacial score (nSPS) is 13.6. The first kappa shape index (κ1) is 17.6. The van der Waals surface area contributed by atoms with Crippen LogP contribution in [0.4, 0.5) is 14.5 Å². The minimum absolute atomic E-state index is 0.466. The van der Waals surface area contributed by atoms with Crippen molar-refractivity contribution in [2.24, 2.45) is 0 Å². The van der Waals surface area contributed by atoms with Gasteiger partial charge >= 0.3 is 0 Å². The molecule has 1 aliphatic heterocycles. The predicted molar refractivity (Wildman–Crippen MR) is 96.5 cm³/mol. The van der Waals surface area contributed by atoms with Crippen LogP contribution >= 0.6 is 0 Å². The van der Waals surface area contributed by atoms with Gasteiger partial charge in [0.15, 0.2) is 0 Å². The molecule has 1 saturated heterocycles. The number of aromatic nitrogens is 1. The third-order valence-electron chi connectivity index (χ3n) is 4.27. The van der Waals surface area contributed by atoms with Gasteiger partial charge in [0.05, 0.1) is 0 Å². The van der Waals surface area contributed by atoms with E-state index in [9.17, 15) is 8.78 Å². The van der Waals surface area contributed by atoms with Crippen molar-refractivity contribution in [3.63, 3.8) is 0 Å². The quantitative estimate of drug-likeness (QED) is 0.727. The lowest BCUT2D eigenvalue weighted by molar-refractivity contribution is 0.573. The van der Waals surface area contributed by atoms with Crippen LogP contribution in [0.15, 0.2) is 42.0 Å². The second-order valence-electron chi connectivity index (χ2n) is 6.12. The molecule has 130 valence electrons. The van der Waals surface area contributed by atoms with Crippen molar-refractivity contribution < 1.29 is 8.78 Å². The SMILES string of the molecule is Cc1cccc(C#CC=C2CCN(c3cc(F)c(C#N)c(F)c3)CC2)n1. The highest BCUT2D eigenvalue weighted by molar-refractivity contribution is 5.52. The zero-order chi connectivity index (χ0) is 18.5. The van der Waals surface area contributed by atoms with Gasteiger partial charge < -0.3 is 4.90 Å². The van der Waals surface area contributed by atoms with Crippen molar-refractivity contribution >= 4 is 5.69 Å². The molecule has 26 heavy (non-hydrogen) atoms. The summed E-state index contributed by atoms with van der Waals surface area (Å²) >= 11 is 0. The minimum Gasteiger partial charge on any atom is -0.371 e. The van der Waals surface area contributed by atoms with E-state index in [0.717, 1.165) is 24.2 Å². The number of pyridine rings is 1. The molecular weight excluding hydrogens is 332 g/mol. The Kier molecular flexibility index (Phi) is 5.29. The van der Waals surface area contributed by atoms with E-state index in [1.54, 1.807) is 6.07 Å². The molecule has 0 radical (unpaired) electrons. The van der Waals surface area contributed by atoms with E-state index in [-0.39, 0.29) is 0 Å². The maximum absolute atomic E-state index is 13.8. The molecule has 0 saturated carbocycles. The summed E-state index contributed by atoms with van der Waals surface area (Å²) in [4.78, 5) is 6.25. The Bertz CT molecular complexity index is 928. The second kappa shape index (κ2) is 7.80. The lowest BCUT2D eigenvalue weighted by Gasteiger charge is -2.30. The smallest absolute Gasteiger partial charge is 0.146 e. The summed E-state index contributed by atoms with van der Waals surface area (Å²) in [5.41, 5.74) is 2.80. The van der Waals surface area contributed by atoms with Crippen molar-refractivity contribution in [2.75, 3.05) is 18.0 Å². The van der Waals surface area contributed by atoms with Crippen molar-refractivity contribution in [3.8, 4) is 17.9 Å². The number of hydrogen-bond donors (Lipinski definition) is 0. The lowest BCUT2D eigenvalue weighted by atomic mass is 10.0. The molecule has 0 N–H and O–H groups in total. The third-order valence-corrected chi connectivity index (χ3v) is 4.27. The summed E-state index contributed by atoms with van der Waals surface area (Å²) in [6.07, 6.45) is 3.46. The first-order valence-corrected chi connectivity index (χ1v) is 8.34. The van der Waals surface area contributed by atoms with Crippen LogP contribution in [-0.4, -0.2) is 18.1 Å². The first-order valence-electron chi connectivity index (χ1n) is 8.34. The molecule has 0 unspecified atom stereocenters. The van der Waals surface area contributed by atoms with Crippen LogP contribution in [0.2, 0.25) is 0 Å². The molecule has 2 heterocycles. The number of halogens is 2. The van der Waals surface area contributed by atoms with Gasteiger partial charge in [-0.1, -0.05) is 17.6 Å². The van der Waals surface area contributed by atoms with Crippen LogP contribution in [0, 0.1) is 41.7 Å². The van der Waals surface area contributed by atoms with Gasteiger partial charge in [-0.3, -0.25) is 0 Å². The molecular formula is C21H17F2N3. The van der Waals surface area contributed by atoms with Gasteiger partial charge in [0.25, 0.3) is 0 Å². The number of piperidine rings is 1. The summed E-state index contributed by atoms with van der Waals surface area (Å²) < 4.78 is 27.5. The number of rotatable bonds is 1. The zero-order valence-electron chi connectivity index (χ0n) is 14.4. The summed E-state index contributed by atoms with van der Waals surface area (Å²) in [6.45, 7) is 3.23. The molecule has 1 aromatic heterocycles. The van der Waals surface area contributed by atoms with Gasteiger partial charge in [-0.05, 0) is 56.0 Å². The van der Waals surface area contributed by atoms with E-state index in [1.165, 1.54) is 17.7 Å². The molecule has 2 aromatic rings. The molecule has 0 amide bonds. The van der Waals surface area contributed by atoms with Gasteiger partial charge in [-0.15, -0.1) is 0 Å². The zero-order valence-corrected chi connectivity index (χ0v) is 14.4. The number of benzene rings is 1. The highest BCUT2D eigenvalue weighted by Gasteiger charge is 2.18. The van der Waals surface area contributed by atoms with Crippen LogP contribution in [-0.2, 0) is 0 Å². The van der Waals surface area contributed by atoms with Crippen LogP contribution in [0.5, 0.6) is 0 Å². The third kappa shape index (κ3) is 4.07. The minimum atomic E-state index is -0.819. The average molecular weight is 349 g/mol. The van der Waals surface area contributed by atoms with Crippen molar-refractivity contribution in [3.05, 3.63) is 70.6 Å². The molecule has 3 rings (SSSR count). The predicted octanol–water partition coefficient (Wildman–Crippen LogP) is 4.12. The standard InChI is InChI=1S/C21H17F2N3/c1-15-4-2-6-17(25-15)7-3-5-16-8-10-26(11-9-16)18-12-20(22)19(14-24)21(23)13-18/h2,4-6,12-13H,8-11H2,1H3. The first-order chi connectivity index (χ1) is 12.6. The van der Waals surface area contributed by atoms with E-state index in [2.05, 4.69) is 16.8 Å². The van der Waals surface area contributed by atoms with Crippen LogP contribution in [0.3, 0.4) is 0 Å². The number of nitriles is 1. The second-order valence-corrected chi connectivity index (χ2v) is 6.12. The fourth-order valence-electron chi connectivity index (χ4n) is 2.87. The Morgan fingerprint density at radius 3 is 2.46 bits per heavy atom. The molecule has 0 atom stereocenters. The highest BCUT2D eigenvalue weighted by Crippen LogP contribution is 2.26. The summed E-state index contributed by atoms with van der Waals surface area (Å²) in [7, 11) is 0. The van der Waals surface area contributed by atoms with Gasteiger partial charge in [0.2, 0.25) is 0 Å². The molecule has 0 bridgehead atoms. The number of aryl methyl sites for hydroxylation is 1. The topological polar surface area (TPSA) is 39.9 Å². The van der Waals surface area contributed by atoms with Crippen LogP contribution < -0.4 is 4.90 Å². The molecule has 0 spiro atoms. The van der Waals surface area contributed by atoms with E-state index >= 15 is 0 Å². The fraction of sp³-hybridized carbons (Fsp3) is 0.238. The maximum Gasteiger partial charge on any atom is 0.146 e. The number of anilines is 1. The Balaban J connectivity index is 1.66. The summed E-state index contributed by atoms with van der Waals surface area (Å²) in [5, 5.41) is 8.75. The van der Waals surface area contributed by atoms with E-state index < -0.39 is 17.2 Å². The van der Waals surface area contributed by atoms with Gasteiger partial charge in [-0.25, -0.2) is 13.8 Å². The van der Waals surface area contributed by atoms with E-state index in [1.807, 2.05) is 36.1 Å². The largest absolute Gasteiger partial charge is 0.371 e. The van der Waals surface area contributed by atoms with Gasteiger partial charge in [0.1, 0.15) is 29.0 Å². The highest BCUT2D eigenvalue weighted by atomic mass is 19.1. The molecule has 1 aliphatic rings. The molecule has 5 heteroatoms. The Hall–Kier alpha value is -3.18. The molecule has 1 aromatic carbocycles. The molecule has 0 aliphatic carbocycles. The average Bonchev–Trinajstić information content (AvgIpc) is 2.62. The van der Waals surface area contributed by atoms with E-state index in [4.69, 9.17) is 5.26 Å². The van der Waals surface area contributed by atoms with Crippen LogP contribution in [0.25, 0.3) is 0 Å². The van der Waals surface area contributed by atoms with E-state index in [0.29, 0.717) is 18.8 Å². The Morgan fingerprint density at radius 2 is 1.85 bits per heavy atom. The Morgan fingerprint density at radius 1 is 1.15 bits per heavy atom. The molecule has 3 nitrogen and oxygen atoms in total. The Labute approximate surface area is 151 Å². The van der Waals surface area contributed by atoms with Gasteiger partial charge in [0, 0.05) is 24.5 Å². The summed E-state index contributed by atoms with van der Waals surface area (Å²) in [6, 6.07) is 9.71. The number of allylic oxidation sites excluding steroid dienone is 1. The number of hydrogen-bond acceptors (Lipinski definition) is 3. The fourth-order valence-corrected chi connectivity index (χ4v) is 2.87. The summed E-state index contributed by atoms with van der Waals surface area (Å²) in [5.74, 6) is 4.42. The van der Waals surface area contributed by atoms with Gasteiger partial charge in [-0.2, -0.15) is 5.26 Å². The van der Waals surface area contributed by atoms with Crippen molar-refractivity contribution in [1.82, 2.24) is 4.98 Å².